The largest absolute Gasteiger partial charge is 0.312 e. The Labute approximate surface area is 195 Å². The lowest BCUT2D eigenvalue weighted by Crippen LogP contribution is -2.35. The fourth-order valence-corrected chi connectivity index (χ4v) is 6.70. The predicted octanol–water partition coefficient (Wildman–Crippen LogP) is 4.16. The number of sulfonamides is 1. The highest BCUT2D eigenvalue weighted by Gasteiger charge is 2.30. The molecule has 0 saturated carbocycles. The number of carbonyl (C=O) groups excluding carboxylic acids is 1. The molecule has 2 aromatic carbocycles. The van der Waals surface area contributed by atoms with Gasteiger partial charge in [0.2, 0.25) is 15.9 Å². The maximum absolute atomic E-state index is 13.3. The van der Waals surface area contributed by atoms with Crippen molar-refractivity contribution in [3.63, 3.8) is 0 Å². The zero-order chi connectivity index (χ0) is 23.2. The Morgan fingerprint density at radius 3 is 2.55 bits per heavy atom. The highest BCUT2D eigenvalue weighted by atomic mass is 32.2. The summed E-state index contributed by atoms with van der Waals surface area (Å²) in [5, 5.41) is 1.07. The van der Waals surface area contributed by atoms with Gasteiger partial charge in [0.25, 0.3) is 0 Å². The number of hydrogen-bond donors (Lipinski definition) is 0. The molecule has 3 aromatic rings. The summed E-state index contributed by atoms with van der Waals surface area (Å²) in [6.45, 7) is 5.75. The third-order valence-corrected chi connectivity index (χ3v) is 8.91. The number of aromatic nitrogens is 1. The summed E-state index contributed by atoms with van der Waals surface area (Å²) < 4.78 is 27.7. The SMILES string of the molecule is Cc1nc2ccccc2c(C)c1CC(=O)N1CCc2cc(S(=O)(=O)N3CCCCC3)ccc21. The fraction of sp³-hybridized carbons (Fsp3) is 0.385. The van der Waals surface area contributed by atoms with Crippen molar-refractivity contribution in [3.05, 3.63) is 64.8 Å². The first-order valence-corrected chi connectivity index (χ1v) is 13.1. The zero-order valence-corrected chi connectivity index (χ0v) is 20.0. The molecule has 1 saturated heterocycles. The van der Waals surface area contributed by atoms with E-state index in [1.807, 2.05) is 31.2 Å². The molecular formula is C26H29N3O3S. The number of carbonyl (C=O) groups is 1. The summed E-state index contributed by atoms with van der Waals surface area (Å²) in [7, 11) is -3.48. The van der Waals surface area contributed by atoms with Crippen molar-refractivity contribution in [2.24, 2.45) is 0 Å². The number of aryl methyl sites for hydroxylation is 2. The Morgan fingerprint density at radius 1 is 1.00 bits per heavy atom. The molecule has 1 fully saturated rings. The van der Waals surface area contributed by atoms with Crippen molar-refractivity contribution in [1.82, 2.24) is 9.29 Å². The van der Waals surface area contributed by atoms with Gasteiger partial charge in [0, 0.05) is 36.4 Å². The highest BCUT2D eigenvalue weighted by molar-refractivity contribution is 7.89. The lowest BCUT2D eigenvalue weighted by molar-refractivity contribution is -0.117. The summed E-state index contributed by atoms with van der Waals surface area (Å²) in [5.41, 5.74) is 5.62. The maximum Gasteiger partial charge on any atom is 0.243 e. The minimum atomic E-state index is -3.48. The van der Waals surface area contributed by atoms with E-state index in [9.17, 15) is 13.2 Å². The van der Waals surface area contributed by atoms with E-state index in [0.717, 1.165) is 58.2 Å². The third kappa shape index (κ3) is 3.93. The van der Waals surface area contributed by atoms with Crippen molar-refractivity contribution in [3.8, 4) is 0 Å². The molecule has 0 unspecified atom stereocenters. The van der Waals surface area contributed by atoms with Gasteiger partial charge in [-0.25, -0.2) is 8.42 Å². The van der Waals surface area contributed by atoms with Crippen LogP contribution in [0.5, 0.6) is 0 Å². The number of amides is 1. The molecule has 6 nitrogen and oxygen atoms in total. The summed E-state index contributed by atoms with van der Waals surface area (Å²) in [6.07, 6.45) is 3.85. The molecule has 2 aliphatic heterocycles. The summed E-state index contributed by atoms with van der Waals surface area (Å²) in [5.74, 6) is 0.0173. The number of fused-ring (bicyclic) bond motifs is 2. The molecule has 33 heavy (non-hydrogen) atoms. The molecule has 1 aromatic heterocycles. The van der Waals surface area contributed by atoms with E-state index in [4.69, 9.17) is 4.98 Å². The minimum Gasteiger partial charge on any atom is -0.312 e. The molecule has 0 bridgehead atoms. The molecule has 0 aliphatic carbocycles. The van der Waals surface area contributed by atoms with E-state index >= 15 is 0 Å². The lowest BCUT2D eigenvalue weighted by atomic mass is 9.99. The van der Waals surface area contributed by atoms with E-state index < -0.39 is 10.0 Å². The Hall–Kier alpha value is -2.77. The second-order valence-electron chi connectivity index (χ2n) is 9.05. The average molecular weight is 464 g/mol. The maximum atomic E-state index is 13.3. The van der Waals surface area contributed by atoms with Gasteiger partial charge in [0.15, 0.2) is 0 Å². The molecule has 1 amide bonds. The van der Waals surface area contributed by atoms with Crippen molar-refractivity contribution in [1.29, 1.82) is 0 Å². The van der Waals surface area contributed by atoms with Gasteiger partial charge in [-0.2, -0.15) is 4.31 Å². The van der Waals surface area contributed by atoms with E-state index in [1.54, 1.807) is 27.4 Å². The van der Waals surface area contributed by atoms with Crippen LogP contribution in [-0.2, 0) is 27.7 Å². The number of pyridine rings is 1. The first-order chi connectivity index (χ1) is 15.9. The van der Waals surface area contributed by atoms with Gasteiger partial charge in [-0.1, -0.05) is 24.6 Å². The van der Waals surface area contributed by atoms with Gasteiger partial charge < -0.3 is 4.90 Å². The minimum absolute atomic E-state index is 0.0173. The van der Waals surface area contributed by atoms with Crippen molar-refractivity contribution in [2.45, 2.75) is 50.8 Å². The third-order valence-electron chi connectivity index (χ3n) is 7.01. The Balaban J connectivity index is 1.40. The van der Waals surface area contributed by atoms with Gasteiger partial charge in [0.1, 0.15) is 0 Å². The molecule has 7 heteroatoms. The number of benzene rings is 2. The van der Waals surface area contributed by atoms with Crippen LogP contribution >= 0.6 is 0 Å². The molecule has 5 rings (SSSR count). The van der Waals surface area contributed by atoms with Crippen LogP contribution in [0.4, 0.5) is 5.69 Å². The molecular weight excluding hydrogens is 434 g/mol. The quantitative estimate of drug-likeness (QED) is 0.583. The van der Waals surface area contributed by atoms with Gasteiger partial charge in [-0.3, -0.25) is 9.78 Å². The Kier molecular flexibility index (Phi) is 5.70. The van der Waals surface area contributed by atoms with Gasteiger partial charge >= 0.3 is 0 Å². The first-order valence-electron chi connectivity index (χ1n) is 11.6. The van der Waals surface area contributed by atoms with Crippen LogP contribution < -0.4 is 4.90 Å². The van der Waals surface area contributed by atoms with Gasteiger partial charge in [-0.05, 0) is 74.1 Å². The van der Waals surface area contributed by atoms with Crippen molar-refractivity contribution in [2.75, 3.05) is 24.5 Å². The van der Waals surface area contributed by atoms with Gasteiger partial charge in [0.05, 0.1) is 16.8 Å². The summed E-state index contributed by atoms with van der Waals surface area (Å²) in [6, 6.07) is 13.2. The Bertz CT molecular complexity index is 1340. The normalized spacial score (nSPS) is 16.8. The number of para-hydroxylation sites is 1. The highest BCUT2D eigenvalue weighted by Crippen LogP contribution is 2.33. The number of nitrogens with zero attached hydrogens (tertiary/aromatic N) is 3. The van der Waals surface area contributed by atoms with Crippen LogP contribution in [0.25, 0.3) is 10.9 Å². The first kappa shape index (κ1) is 22.0. The average Bonchev–Trinajstić information content (AvgIpc) is 3.26. The lowest BCUT2D eigenvalue weighted by Gasteiger charge is -2.26. The van der Waals surface area contributed by atoms with Gasteiger partial charge in [-0.15, -0.1) is 0 Å². The number of piperidine rings is 1. The summed E-state index contributed by atoms with van der Waals surface area (Å²) >= 11 is 0. The second kappa shape index (κ2) is 8.54. The predicted molar refractivity (Wildman–Crippen MR) is 130 cm³/mol. The Morgan fingerprint density at radius 2 is 1.76 bits per heavy atom. The van der Waals surface area contributed by atoms with Crippen LogP contribution in [0.1, 0.15) is 41.6 Å². The molecule has 0 spiro atoms. The fourth-order valence-electron chi connectivity index (χ4n) is 5.13. The topological polar surface area (TPSA) is 70.6 Å². The summed E-state index contributed by atoms with van der Waals surface area (Å²) in [4.78, 5) is 20.1. The van der Waals surface area contributed by atoms with Crippen molar-refractivity contribution < 1.29 is 13.2 Å². The van der Waals surface area contributed by atoms with Crippen LogP contribution in [0, 0.1) is 13.8 Å². The number of hydrogen-bond acceptors (Lipinski definition) is 4. The molecule has 0 atom stereocenters. The van der Waals surface area contributed by atoms with Crippen LogP contribution in [0.15, 0.2) is 47.4 Å². The molecule has 3 heterocycles. The number of rotatable bonds is 4. The van der Waals surface area contributed by atoms with E-state index in [0.29, 0.717) is 31.0 Å². The van der Waals surface area contributed by atoms with Crippen molar-refractivity contribution >= 4 is 32.5 Å². The van der Waals surface area contributed by atoms with Crippen LogP contribution in [0.3, 0.4) is 0 Å². The molecule has 172 valence electrons. The second-order valence-corrected chi connectivity index (χ2v) is 11.0. The van der Waals surface area contributed by atoms with Crippen LogP contribution in [-0.4, -0.2) is 43.2 Å². The molecule has 0 radical (unpaired) electrons. The molecule has 2 aliphatic rings. The van der Waals surface area contributed by atoms with Crippen LogP contribution in [0.2, 0.25) is 0 Å². The van der Waals surface area contributed by atoms with E-state index in [1.165, 1.54) is 0 Å². The van der Waals surface area contributed by atoms with E-state index in [2.05, 4.69) is 6.92 Å². The molecule has 0 N–H and O–H groups in total. The zero-order valence-electron chi connectivity index (χ0n) is 19.2. The standard InChI is InChI=1S/C26H29N3O3S/c1-18-22-8-4-5-9-24(22)27-19(2)23(18)17-26(30)29-15-12-20-16-21(10-11-25(20)29)33(31,32)28-13-6-3-7-14-28/h4-5,8-11,16H,3,6-7,12-15,17H2,1-2H3. The monoisotopic (exact) mass is 463 g/mol. The van der Waals surface area contributed by atoms with E-state index in [-0.39, 0.29) is 12.3 Å². The smallest absolute Gasteiger partial charge is 0.243 e. The number of anilines is 1.